The topological polar surface area (TPSA) is 64.0 Å². The largest absolute Gasteiger partial charge is 0.476 e. The van der Waals surface area contributed by atoms with Crippen molar-refractivity contribution >= 4 is 33.5 Å². The van der Waals surface area contributed by atoms with Crippen LogP contribution in [0.15, 0.2) is 34.4 Å². The Kier molecular flexibility index (Phi) is 5.66. The van der Waals surface area contributed by atoms with Crippen molar-refractivity contribution in [2.24, 2.45) is 5.92 Å². The van der Waals surface area contributed by atoms with Crippen molar-refractivity contribution in [3.05, 3.63) is 29.3 Å². The van der Waals surface area contributed by atoms with Crippen LogP contribution >= 0.6 is 27.7 Å². The zero-order valence-electron chi connectivity index (χ0n) is 12.9. The number of rotatable bonds is 5. The van der Waals surface area contributed by atoms with Gasteiger partial charge in [0.25, 0.3) is 0 Å². The van der Waals surface area contributed by atoms with E-state index in [2.05, 4.69) is 40.8 Å². The van der Waals surface area contributed by atoms with Crippen molar-refractivity contribution in [3.8, 4) is 5.88 Å². The van der Waals surface area contributed by atoms with Gasteiger partial charge in [-0.1, -0.05) is 11.8 Å². The van der Waals surface area contributed by atoms with Crippen LogP contribution in [-0.2, 0) is 0 Å². The molecule has 8 heteroatoms. The molecule has 1 aliphatic heterocycles. The second kappa shape index (κ2) is 7.92. The Morgan fingerprint density at radius 3 is 3.04 bits per heavy atom. The minimum atomic E-state index is 0.449. The van der Waals surface area contributed by atoms with E-state index >= 15 is 0 Å². The van der Waals surface area contributed by atoms with Gasteiger partial charge in [0.15, 0.2) is 5.16 Å². The van der Waals surface area contributed by atoms with Crippen molar-refractivity contribution in [1.29, 1.82) is 0 Å². The molecule has 2 aromatic heterocycles. The second-order valence-electron chi connectivity index (χ2n) is 5.34. The van der Waals surface area contributed by atoms with Crippen LogP contribution in [0.3, 0.4) is 0 Å². The van der Waals surface area contributed by atoms with E-state index in [0.717, 1.165) is 41.4 Å². The van der Waals surface area contributed by atoms with Gasteiger partial charge < -0.3 is 9.64 Å². The Bertz CT molecular complexity index is 645. The molecule has 0 radical (unpaired) electrons. The molecule has 1 atom stereocenters. The number of aromatic nitrogens is 4. The smallest absolute Gasteiger partial charge is 0.232 e. The molecule has 1 fully saturated rings. The van der Waals surface area contributed by atoms with Crippen LogP contribution in [0.2, 0.25) is 0 Å². The third kappa shape index (κ3) is 4.32. The highest BCUT2D eigenvalue weighted by Crippen LogP contribution is 2.29. The molecule has 0 spiro atoms. The number of ether oxygens (including phenoxy) is 1. The standard InChI is InChI=1S/C15H18BrN5OS/c1-23-15-19-7-12(16)14(20-15)21-6-2-3-11(9-21)10-22-13-8-17-4-5-18-13/h4-5,7-8,11H,2-3,6,9-10H2,1H3. The number of piperidine rings is 1. The summed E-state index contributed by atoms with van der Waals surface area (Å²) in [7, 11) is 0. The quantitative estimate of drug-likeness (QED) is 0.569. The number of halogens is 1. The number of anilines is 1. The Morgan fingerprint density at radius 1 is 1.35 bits per heavy atom. The van der Waals surface area contributed by atoms with E-state index in [1.165, 1.54) is 0 Å². The van der Waals surface area contributed by atoms with Crippen molar-refractivity contribution in [1.82, 2.24) is 19.9 Å². The average Bonchev–Trinajstić information content (AvgIpc) is 2.61. The fourth-order valence-corrected chi connectivity index (χ4v) is 3.40. The molecule has 1 aliphatic rings. The highest BCUT2D eigenvalue weighted by atomic mass is 79.9. The van der Waals surface area contributed by atoms with E-state index in [4.69, 9.17) is 4.74 Å². The lowest BCUT2D eigenvalue weighted by Gasteiger charge is -2.33. The maximum Gasteiger partial charge on any atom is 0.232 e. The minimum absolute atomic E-state index is 0.449. The van der Waals surface area contributed by atoms with Gasteiger partial charge in [0.05, 0.1) is 17.3 Å². The molecule has 0 aliphatic carbocycles. The van der Waals surface area contributed by atoms with Crippen LogP contribution in [0.1, 0.15) is 12.8 Å². The van der Waals surface area contributed by atoms with Gasteiger partial charge in [-0.25, -0.2) is 15.0 Å². The molecule has 1 saturated heterocycles. The van der Waals surface area contributed by atoms with Crippen molar-refractivity contribution in [2.75, 3.05) is 30.9 Å². The van der Waals surface area contributed by atoms with Gasteiger partial charge in [-0.3, -0.25) is 4.98 Å². The first-order chi connectivity index (χ1) is 11.3. The first-order valence-corrected chi connectivity index (χ1v) is 9.48. The lowest BCUT2D eigenvalue weighted by Crippen LogP contribution is -2.38. The summed E-state index contributed by atoms with van der Waals surface area (Å²) in [6, 6.07) is 0. The first kappa shape index (κ1) is 16.4. The molecule has 0 amide bonds. The molecule has 122 valence electrons. The van der Waals surface area contributed by atoms with Crippen molar-refractivity contribution in [3.63, 3.8) is 0 Å². The first-order valence-electron chi connectivity index (χ1n) is 7.46. The van der Waals surface area contributed by atoms with E-state index in [0.29, 0.717) is 18.4 Å². The van der Waals surface area contributed by atoms with Crippen LogP contribution in [-0.4, -0.2) is 45.9 Å². The molecule has 3 heterocycles. The number of thioether (sulfide) groups is 1. The van der Waals surface area contributed by atoms with Crippen LogP contribution in [0, 0.1) is 5.92 Å². The van der Waals surface area contributed by atoms with E-state index in [-0.39, 0.29) is 0 Å². The summed E-state index contributed by atoms with van der Waals surface area (Å²) in [5.41, 5.74) is 0. The number of hydrogen-bond acceptors (Lipinski definition) is 7. The summed E-state index contributed by atoms with van der Waals surface area (Å²) in [5.74, 6) is 2.00. The third-order valence-corrected chi connectivity index (χ3v) is 4.83. The summed E-state index contributed by atoms with van der Waals surface area (Å²) in [5, 5.41) is 0.793. The maximum absolute atomic E-state index is 5.76. The molecule has 2 aromatic rings. The lowest BCUT2D eigenvalue weighted by molar-refractivity contribution is 0.220. The minimum Gasteiger partial charge on any atom is -0.476 e. The molecule has 23 heavy (non-hydrogen) atoms. The monoisotopic (exact) mass is 395 g/mol. The zero-order valence-corrected chi connectivity index (χ0v) is 15.3. The Labute approximate surface area is 148 Å². The Hall–Kier alpha value is -1.41. The van der Waals surface area contributed by atoms with Crippen LogP contribution in [0.4, 0.5) is 5.82 Å². The van der Waals surface area contributed by atoms with Gasteiger partial charge in [-0.15, -0.1) is 0 Å². The van der Waals surface area contributed by atoms with Gasteiger partial charge in [0.1, 0.15) is 5.82 Å². The van der Waals surface area contributed by atoms with E-state index in [1.54, 1.807) is 30.4 Å². The molecular formula is C15H18BrN5OS. The number of nitrogens with zero attached hydrogens (tertiary/aromatic N) is 5. The van der Waals surface area contributed by atoms with Gasteiger partial charge in [0.2, 0.25) is 5.88 Å². The van der Waals surface area contributed by atoms with Gasteiger partial charge in [-0.05, 0) is 35.0 Å². The SMILES string of the molecule is CSc1ncc(Br)c(N2CCCC(COc3cnccn3)C2)n1. The highest BCUT2D eigenvalue weighted by Gasteiger charge is 2.23. The predicted molar refractivity (Wildman–Crippen MR) is 94.0 cm³/mol. The van der Waals surface area contributed by atoms with E-state index in [1.807, 2.05) is 12.5 Å². The van der Waals surface area contributed by atoms with Gasteiger partial charge >= 0.3 is 0 Å². The molecule has 3 rings (SSSR count). The molecule has 6 nitrogen and oxygen atoms in total. The van der Waals surface area contributed by atoms with Crippen LogP contribution in [0.25, 0.3) is 0 Å². The molecule has 0 aromatic carbocycles. The summed E-state index contributed by atoms with van der Waals surface area (Å²) in [6.45, 7) is 2.57. The summed E-state index contributed by atoms with van der Waals surface area (Å²) in [6.07, 6.45) is 11.0. The van der Waals surface area contributed by atoms with Crippen molar-refractivity contribution < 1.29 is 4.74 Å². The predicted octanol–water partition coefficient (Wildman–Crippen LogP) is 3.05. The normalized spacial score (nSPS) is 18.0. The average molecular weight is 396 g/mol. The van der Waals surface area contributed by atoms with E-state index in [9.17, 15) is 0 Å². The van der Waals surface area contributed by atoms with Crippen LogP contribution < -0.4 is 9.64 Å². The fraction of sp³-hybridized carbons (Fsp3) is 0.467. The van der Waals surface area contributed by atoms with E-state index < -0.39 is 0 Å². The van der Waals surface area contributed by atoms with Crippen molar-refractivity contribution in [2.45, 2.75) is 18.0 Å². The maximum atomic E-state index is 5.76. The Balaban J connectivity index is 1.64. The molecule has 1 unspecified atom stereocenters. The molecule has 0 N–H and O–H groups in total. The van der Waals surface area contributed by atoms with Gasteiger partial charge in [0, 0.05) is 37.6 Å². The third-order valence-electron chi connectivity index (χ3n) is 3.71. The molecular weight excluding hydrogens is 378 g/mol. The fourth-order valence-electron chi connectivity index (χ4n) is 2.62. The van der Waals surface area contributed by atoms with Crippen LogP contribution in [0.5, 0.6) is 5.88 Å². The molecule has 0 saturated carbocycles. The van der Waals surface area contributed by atoms with Gasteiger partial charge in [-0.2, -0.15) is 0 Å². The summed E-state index contributed by atoms with van der Waals surface area (Å²) in [4.78, 5) is 19.4. The zero-order chi connectivity index (χ0) is 16.1. The number of hydrogen-bond donors (Lipinski definition) is 0. The second-order valence-corrected chi connectivity index (χ2v) is 6.96. The summed E-state index contributed by atoms with van der Waals surface area (Å²) >= 11 is 5.12. The lowest BCUT2D eigenvalue weighted by atomic mass is 9.99. The summed E-state index contributed by atoms with van der Waals surface area (Å²) < 4.78 is 6.69. The molecule has 0 bridgehead atoms. The Morgan fingerprint density at radius 2 is 2.26 bits per heavy atom. The highest BCUT2D eigenvalue weighted by molar-refractivity contribution is 9.10.